The molecule has 0 saturated carbocycles. The number of sulfonamides is 1. The first-order valence-electron chi connectivity index (χ1n) is 4.80. The van der Waals surface area contributed by atoms with Gasteiger partial charge in [-0.05, 0) is 21.3 Å². The molecule has 0 fully saturated rings. The molecule has 0 spiro atoms. The van der Waals surface area contributed by atoms with Crippen molar-refractivity contribution in [2.24, 2.45) is 12.5 Å². The third-order valence-corrected chi connectivity index (χ3v) is 5.11. The molecule has 1 rings (SSSR count). The third kappa shape index (κ3) is 3.64. The van der Waals surface area contributed by atoms with E-state index >= 15 is 0 Å². The molecule has 1 aromatic heterocycles. The second-order valence-corrected chi connectivity index (χ2v) is 7.13. The second kappa shape index (κ2) is 5.21. The van der Waals surface area contributed by atoms with Crippen LogP contribution < -0.4 is 4.72 Å². The second-order valence-electron chi connectivity index (χ2n) is 4.43. The molecule has 0 aliphatic carbocycles. The number of alkyl halides is 1. The van der Waals surface area contributed by atoms with Gasteiger partial charge in [0.05, 0.1) is 0 Å². The summed E-state index contributed by atoms with van der Waals surface area (Å²) in [6.45, 7) is 3.99. The average molecular weight is 346 g/mol. The fourth-order valence-corrected chi connectivity index (χ4v) is 3.44. The zero-order valence-corrected chi connectivity index (χ0v) is 12.9. The van der Waals surface area contributed by atoms with E-state index in [1.54, 1.807) is 0 Å². The number of hydrogen-bond acceptors (Lipinski definition) is 4. The molecular formula is C8H14BrClN4O2S. The SMILES string of the molecule is Cn1nnc(Br)c1S(=O)(=O)NCC(C)(C)CCl. The highest BCUT2D eigenvalue weighted by molar-refractivity contribution is 9.10. The molecule has 0 saturated heterocycles. The van der Waals surface area contributed by atoms with Crippen molar-refractivity contribution in [2.45, 2.75) is 18.9 Å². The molecule has 1 aromatic rings. The van der Waals surface area contributed by atoms with Crippen molar-refractivity contribution < 1.29 is 8.42 Å². The van der Waals surface area contributed by atoms with Crippen LogP contribution >= 0.6 is 27.5 Å². The van der Waals surface area contributed by atoms with Gasteiger partial charge < -0.3 is 0 Å². The lowest BCUT2D eigenvalue weighted by molar-refractivity contribution is 0.413. The summed E-state index contributed by atoms with van der Waals surface area (Å²) in [5.41, 5.74) is -0.312. The predicted octanol–water partition coefficient (Wildman–Crippen LogP) is 1.12. The van der Waals surface area contributed by atoms with Crippen LogP contribution in [-0.2, 0) is 17.1 Å². The quantitative estimate of drug-likeness (QED) is 0.811. The number of nitrogens with one attached hydrogen (secondary N) is 1. The van der Waals surface area contributed by atoms with Crippen LogP contribution in [0.3, 0.4) is 0 Å². The highest BCUT2D eigenvalue weighted by Crippen LogP contribution is 2.20. The first kappa shape index (κ1) is 14.9. The molecule has 0 bridgehead atoms. The van der Waals surface area contributed by atoms with Gasteiger partial charge in [0.2, 0.25) is 5.03 Å². The summed E-state index contributed by atoms with van der Waals surface area (Å²) in [7, 11) is -2.13. The monoisotopic (exact) mass is 344 g/mol. The molecular weight excluding hydrogens is 332 g/mol. The number of hydrogen-bond donors (Lipinski definition) is 1. The molecule has 0 aliphatic heterocycles. The van der Waals surface area contributed by atoms with E-state index in [-0.39, 0.29) is 21.6 Å². The lowest BCUT2D eigenvalue weighted by atomic mass is 9.97. The van der Waals surface area contributed by atoms with E-state index in [0.717, 1.165) is 0 Å². The topological polar surface area (TPSA) is 76.9 Å². The first-order valence-corrected chi connectivity index (χ1v) is 7.61. The minimum Gasteiger partial charge on any atom is -0.235 e. The van der Waals surface area contributed by atoms with E-state index in [2.05, 4.69) is 31.0 Å². The Morgan fingerprint density at radius 2 is 2.12 bits per heavy atom. The summed E-state index contributed by atoms with van der Waals surface area (Å²) in [6, 6.07) is 0. The lowest BCUT2D eigenvalue weighted by Gasteiger charge is -2.21. The summed E-state index contributed by atoms with van der Waals surface area (Å²) in [6.07, 6.45) is 0. The summed E-state index contributed by atoms with van der Waals surface area (Å²) < 4.78 is 27.9. The summed E-state index contributed by atoms with van der Waals surface area (Å²) in [5, 5.41) is 7.26. The Bertz CT molecular complexity index is 480. The zero-order chi connectivity index (χ0) is 13.3. The fraction of sp³-hybridized carbons (Fsp3) is 0.750. The number of aryl methyl sites for hydroxylation is 1. The van der Waals surface area contributed by atoms with Crippen molar-refractivity contribution in [3.05, 3.63) is 4.60 Å². The van der Waals surface area contributed by atoms with Gasteiger partial charge in [0.1, 0.15) is 0 Å². The van der Waals surface area contributed by atoms with Gasteiger partial charge in [0, 0.05) is 19.5 Å². The molecule has 6 nitrogen and oxygen atoms in total. The van der Waals surface area contributed by atoms with Crippen molar-refractivity contribution in [1.82, 2.24) is 19.7 Å². The lowest BCUT2D eigenvalue weighted by Crippen LogP contribution is -2.35. The van der Waals surface area contributed by atoms with Crippen LogP contribution in [0.2, 0.25) is 0 Å². The fourth-order valence-electron chi connectivity index (χ4n) is 1.01. The molecule has 98 valence electrons. The summed E-state index contributed by atoms with van der Waals surface area (Å²) >= 11 is 8.79. The van der Waals surface area contributed by atoms with Crippen molar-refractivity contribution in [1.29, 1.82) is 0 Å². The van der Waals surface area contributed by atoms with Crippen molar-refractivity contribution in [3.63, 3.8) is 0 Å². The highest BCUT2D eigenvalue weighted by Gasteiger charge is 2.26. The van der Waals surface area contributed by atoms with E-state index in [1.807, 2.05) is 13.8 Å². The maximum Gasteiger partial charge on any atom is 0.260 e. The maximum absolute atomic E-state index is 12.0. The van der Waals surface area contributed by atoms with Gasteiger partial charge >= 0.3 is 0 Å². The van der Waals surface area contributed by atoms with Crippen LogP contribution in [0.5, 0.6) is 0 Å². The van der Waals surface area contributed by atoms with E-state index in [1.165, 1.54) is 11.7 Å². The molecule has 9 heteroatoms. The number of nitrogens with zero attached hydrogens (tertiary/aromatic N) is 3. The largest absolute Gasteiger partial charge is 0.260 e. The number of halogens is 2. The standard InChI is InChI=1S/C8H14BrClN4O2S/c1-8(2,4-10)5-11-17(15,16)7-6(9)12-13-14(7)3/h11H,4-5H2,1-3H3. The van der Waals surface area contributed by atoms with Crippen LogP contribution in [0.1, 0.15) is 13.8 Å². The Kier molecular flexibility index (Phi) is 4.56. The van der Waals surface area contributed by atoms with Crippen molar-refractivity contribution in [3.8, 4) is 0 Å². The van der Waals surface area contributed by atoms with Crippen LogP contribution in [0.4, 0.5) is 0 Å². The van der Waals surface area contributed by atoms with E-state index in [4.69, 9.17) is 11.6 Å². The summed E-state index contributed by atoms with van der Waals surface area (Å²) in [5.74, 6) is 0.361. The summed E-state index contributed by atoms with van der Waals surface area (Å²) in [4.78, 5) is 0. The third-order valence-electron chi connectivity index (χ3n) is 2.09. The first-order chi connectivity index (χ1) is 7.69. The molecule has 17 heavy (non-hydrogen) atoms. The van der Waals surface area contributed by atoms with E-state index in [0.29, 0.717) is 5.88 Å². The van der Waals surface area contributed by atoms with Gasteiger partial charge in [0.15, 0.2) is 4.60 Å². The Morgan fingerprint density at radius 3 is 2.53 bits per heavy atom. The number of rotatable bonds is 5. The molecule has 0 radical (unpaired) electrons. The van der Waals surface area contributed by atoms with Gasteiger partial charge in [-0.2, -0.15) is 0 Å². The molecule has 0 unspecified atom stereocenters. The van der Waals surface area contributed by atoms with Crippen LogP contribution in [0, 0.1) is 5.41 Å². The molecule has 1 N–H and O–H groups in total. The van der Waals surface area contributed by atoms with Gasteiger partial charge in [-0.15, -0.1) is 16.7 Å². The molecule has 0 amide bonds. The van der Waals surface area contributed by atoms with Crippen LogP contribution in [0.15, 0.2) is 9.63 Å². The van der Waals surface area contributed by atoms with Gasteiger partial charge in [0.25, 0.3) is 10.0 Å². The zero-order valence-electron chi connectivity index (χ0n) is 9.74. The number of aromatic nitrogens is 3. The average Bonchev–Trinajstić information content (AvgIpc) is 2.57. The molecule has 0 aliphatic rings. The van der Waals surface area contributed by atoms with Gasteiger partial charge in [-0.1, -0.05) is 19.1 Å². The Labute approximate surface area is 114 Å². The Morgan fingerprint density at radius 1 is 1.53 bits per heavy atom. The van der Waals surface area contributed by atoms with Crippen LogP contribution in [0.25, 0.3) is 0 Å². The minimum atomic E-state index is -3.64. The van der Waals surface area contributed by atoms with E-state index in [9.17, 15) is 8.42 Å². The molecule has 1 heterocycles. The van der Waals surface area contributed by atoms with Gasteiger partial charge in [-0.25, -0.2) is 17.8 Å². The van der Waals surface area contributed by atoms with Gasteiger partial charge in [-0.3, -0.25) is 0 Å². The van der Waals surface area contributed by atoms with Crippen molar-refractivity contribution in [2.75, 3.05) is 12.4 Å². The molecule has 0 aromatic carbocycles. The Balaban J connectivity index is 2.91. The smallest absolute Gasteiger partial charge is 0.235 e. The van der Waals surface area contributed by atoms with Crippen molar-refractivity contribution >= 4 is 37.6 Å². The molecule has 0 atom stereocenters. The predicted molar refractivity (Wildman–Crippen MR) is 68.4 cm³/mol. The van der Waals surface area contributed by atoms with E-state index < -0.39 is 10.0 Å². The highest BCUT2D eigenvalue weighted by atomic mass is 79.9. The maximum atomic E-state index is 12.0. The van der Waals surface area contributed by atoms with Crippen LogP contribution in [-0.4, -0.2) is 35.8 Å². The minimum absolute atomic E-state index is 0.00266. The Hall–Kier alpha value is -0.180. The normalized spacial score (nSPS) is 13.0.